The maximum Gasteiger partial charge on any atom is 0.362 e. The van der Waals surface area contributed by atoms with Gasteiger partial charge in [-0.3, -0.25) is 4.57 Å². The first-order valence-corrected chi connectivity index (χ1v) is 10.1. The van der Waals surface area contributed by atoms with Gasteiger partial charge >= 0.3 is 7.60 Å². The topological polar surface area (TPSA) is 125 Å². The number of thiazole rings is 1. The monoisotopic (exact) mass is 373 g/mol. The van der Waals surface area contributed by atoms with Crippen LogP contribution in [0.3, 0.4) is 0 Å². The van der Waals surface area contributed by atoms with Gasteiger partial charge < -0.3 is 25.3 Å². The average molecular weight is 373 g/mol. The third kappa shape index (κ3) is 4.46. The van der Waals surface area contributed by atoms with Gasteiger partial charge in [0.05, 0.1) is 12.9 Å². The van der Waals surface area contributed by atoms with E-state index in [4.69, 9.17) is 20.4 Å². The van der Waals surface area contributed by atoms with Crippen LogP contribution in [-0.4, -0.2) is 23.0 Å². The number of nitrogens with zero attached hydrogens (tertiary/aromatic N) is 1. The summed E-state index contributed by atoms with van der Waals surface area (Å²) in [6, 6.07) is 1.44. The van der Waals surface area contributed by atoms with Gasteiger partial charge in [-0.15, -0.1) is 11.3 Å². The lowest BCUT2D eigenvalue weighted by atomic mass is 10.1. The van der Waals surface area contributed by atoms with Crippen LogP contribution in [0.5, 0.6) is 0 Å². The van der Waals surface area contributed by atoms with Crippen LogP contribution in [0.1, 0.15) is 25.6 Å². The maximum atomic E-state index is 12.6. The van der Waals surface area contributed by atoms with E-state index < -0.39 is 7.60 Å². The molecule has 0 aliphatic rings. The van der Waals surface area contributed by atoms with E-state index in [2.05, 4.69) is 18.8 Å². The van der Waals surface area contributed by atoms with Crippen LogP contribution < -0.4 is 16.8 Å². The van der Waals surface area contributed by atoms with Crippen LogP contribution in [0.15, 0.2) is 16.7 Å². The van der Waals surface area contributed by atoms with Crippen LogP contribution in [-0.2, 0) is 15.5 Å². The summed E-state index contributed by atoms with van der Waals surface area (Å²) >= 11 is 1.36. The molecule has 7 nitrogen and oxygen atoms in total. The summed E-state index contributed by atoms with van der Waals surface area (Å²) in [5.74, 6) is 0.613. The number of furan rings is 1. The lowest BCUT2D eigenvalue weighted by Gasteiger charge is -2.15. The number of aromatic nitrogens is 1. The first-order valence-electron chi connectivity index (χ1n) is 7.75. The molecule has 0 radical (unpaired) electrons. The van der Waals surface area contributed by atoms with Crippen LogP contribution >= 0.6 is 18.9 Å². The molecule has 2 unspecified atom stereocenters. The minimum atomic E-state index is -4.04. The van der Waals surface area contributed by atoms with Gasteiger partial charge in [0.2, 0.25) is 0 Å². The van der Waals surface area contributed by atoms with Gasteiger partial charge in [0.1, 0.15) is 11.0 Å². The molecule has 0 spiro atoms. The summed E-state index contributed by atoms with van der Waals surface area (Å²) in [7, 11) is -4.04. The van der Waals surface area contributed by atoms with Gasteiger partial charge in [0, 0.05) is 4.88 Å². The van der Waals surface area contributed by atoms with Crippen molar-refractivity contribution in [1.82, 2.24) is 4.98 Å². The van der Waals surface area contributed by atoms with Gasteiger partial charge in [0.25, 0.3) is 0 Å². The first-order chi connectivity index (χ1) is 11.2. The van der Waals surface area contributed by atoms with Gasteiger partial charge in [0.15, 0.2) is 10.9 Å². The van der Waals surface area contributed by atoms with Gasteiger partial charge in [-0.2, -0.15) is 0 Å². The molecule has 134 valence electrons. The van der Waals surface area contributed by atoms with Crippen molar-refractivity contribution < 1.29 is 18.4 Å². The molecule has 0 saturated carbocycles. The van der Waals surface area contributed by atoms with E-state index in [0.717, 1.165) is 11.3 Å². The van der Waals surface area contributed by atoms with Crippen molar-refractivity contribution >= 4 is 29.4 Å². The molecule has 0 aromatic carbocycles. The van der Waals surface area contributed by atoms with Crippen molar-refractivity contribution in [3.63, 3.8) is 0 Å². The van der Waals surface area contributed by atoms with E-state index in [0.29, 0.717) is 23.3 Å². The number of hydrogen-bond donors (Lipinski definition) is 3. The molecule has 0 amide bonds. The predicted octanol–water partition coefficient (Wildman–Crippen LogP) is 2.61. The highest BCUT2D eigenvalue weighted by Gasteiger charge is 2.32. The largest absolute Gasteiger partial charge is 0.462 e. The maximum absolute atomic E-state index is 12.6. The standard InChI is InChI=1S/C15H24N3O4PS/c1-9(2)6-12-13(18-15(17)24-12)14-11(4-5-21-14)23(19,20)22-8-10(3)7-16/h4-5,9-10H,6-8,16H2,1-3H3,(H2,17,18)(H,19,20). The SMILES string of the molecule is CC(C)Cc1sc(N)nc1-c1occc1P(=O)(O)OCC(C)CN. The summed E-state index contributed by atoms with van der Waals surface area (Å²) in [5.41, 5.74) is 11.9. The van der Waals surface area contributed by atoms with Crippen molar-refractivity contribution in [2.75, 3.05) is 18.9 Å². The predicted molar refractivity (Wildman–Crippen MR) is 96.4 cm³/mol. The summed E-state index contributed by atoms with van der Waals surface area (Å²) in [5, 5.41) is 0.496. The Morgan fingerprint density at radius 2 is 2.17 bits per heavy atom. The van der Waals surface area contributed by atoms with Crippen molar-refractivity contribution in [2.24, 2.45) is 17.6 Å². The van der Waals surface area contributed by atoms with Crippen molar-refractivity contribution in [3.05, 3.63) is 17.2 Å². The molecule has 9 heteroatoms. The zero-order chi connectivity index (χ0) is 17.9. The van der Waals surface area contributed by atoms with E-state index in [9.17, 15) is 9.46 Å². The third-order valence-electron chi connectivity index (χ3n) is 3.41. The molecule has 0 saturated heterocycles. The van der Waals surface area contributed by atoms with Gasteiger partial charge in [-0.1, -0.05) is 20.8 Å². The second kappa shape index (κ2) is 7.80. The first kappa shape index (κ1) is 19.1. The number of anilines is 1. The van der Waals surface area contributed by atoms with E-state index in [1.165, 1.54) is 23.7 Å². The molecule has 24 heavy (non-hydrogen) atoms. The number of hydrogen-bond acceptors (Lipinski definition) is 7. The molecule has 5 N–H and O–H groups in total. The summed E-state index contributed by atoms with van der Waals surface area (Å²) in [6.45, 7) is 6.47. The van der Waals surface area contributed by atoms with Gasteiger partial charge in [-0.05, 0) is 30.9 Å². The lowest BCUT2D eigenvalue weighted by Crippen LogP contribution is -2.18. The molecule has 0 aliphatic heterocycles. The highest BCUT2D eigenvalue weighted by molar-refractivity contribution is 7.61. The molecular weight excluding hydrogens is 349 g/mol. The minimum Gasteiger partial charge on any atom is -0.462 e. The number of rotatable bonds is 8. The van der Waals surface area contributed by atoms with Crippen LogP contribution in [0, 0.1) is 11.8 Å². The Balaban J connectivity index is 2.35. The zero-order valence-corrected chi connectivity index (χ0v) is 15.8. The molecule has 2 heterocycles. The summed E-state index contributed by atoms with van der Waals surface area (Å²) in [4.78, 5) is 15.5. The summed E-state index contributed by atoms with van der Waals surface area (Å²) < 4.78 is 23.3. The number of nitrogen functional groups attached to an aromatic ring is 1. The smallest absolute Gasteiger partial charge is 0.362 e. The fourth-order valence-corrected chi connectivity index (χ4v) is 4.43. The second-order valence-electron chi connectivity index (χ2n) is 6.21. The fraction of sp³-hybridized carbons (Fsp3) is 0.533. The number of nitrogens with two attached hydrogens (primary N) is 2. The molecule has 0 bridgehead atoms. The highest BCUT2D eigenvalue weighted by Crippen LogP contribution is 2.45. The van der Waals surface area contributed by atoms with Crippen molar-refractivity contribution in [1.29, 1.82) is 0 Å². The molecule has 2 aromatic rings. The van der Waals surface area contributed by atoms with Crippen molar-refractivity contribution in [2.45, 2.75) is 27.2 Å². The second-order valence-corrected chi connectivity index (χ2v) is 9.11. The molecule has 2 aromatic heterocycles. The van der Waals surface area contributed by atoms with Crippen LogP contribution in [0.2, 0.25) is 0 Å². The third-order valence-corrected chi connectivity index (χ3v) is 5.77. The highest BCUT2D eigenvalue weighted by atomic mass is 32.1. The molecule has 0 aliphatic carbocycles. The Kier molecular flexibility index (Phi) is 6.22. The van der Waals surface area contributed by atoms with Crippen LogP contribution in [0.25, 0.3) is 11.5 Å². The Hall–Kier alpha value is -1.18. The zero-order valence-electron chi connectivity index (χ0n) is 14.1. The Morgan fingerprint density at radius 3 is 2.79 bits per heavy atom. The van der Waals surface area contributed by atoms with Crippen molar-refractivity contribution in [3.8, 4) is 11.5 Å². The normalized spacial score (nSPS) is 15.6. The molecule has 0 fully saturated rings. The lowest BCUT2D eigenvalue weighted by molar-refractivity contribution is 0.232. The quantitative estimate of drug-likeness (QED) is 0.607. The Labute approximate surface area is 145 Å². The van der Waals surface area contributed by atoms with E-state index in [1.807, 2.05) is 6.92 Å². The Bertz CT molecular complexity index is 728. The molecule has 2 rings (SSSR count). The Morgan fingerprint density at radius 1 is 1.46 bits per heavy atom. The molecule has 2 atom stereocenters. The molecular formula is C15H24N3O4PS. The van der Waals surface area contributed by atoms with Crippen LogP contribution in [0.4, 0.5) is 5.13 Å². The van der Waals surface area contributed by atoms with E-state index in [-0.39, 0.29) is 23.6 Å². The van der Waals surface area contributed by atoms with Gasteiger partial charge in [-0.25, -0.2) is 4.98 Å². The summed E-state index contributed by atoms with van der Waals surface area (Å²) in [6.07, 6.45) is 2.11. The van der Waals surface area contributed by atoms with E-state index >= 15 is 0 Å². The fourth-order valence-electron chi connectivity index (χ4n) is 2.12. The van der Waals surface area contributed by atoms with E-state index in [1.54, 1.807) is 0 Å². The average Bonchev–Trinajstić information content (AvgIpc) is 3.11. The minimum absolute atomic E-state index is 0.0211.